The van der Waals surface area contributed by atoms with E-state index in [0.29, 0.717) is 11.1 Å². The highest BCUT2D eigenvalue weighted by Crippen LogP contribution is 2.20. The van der Waals surface area contributed by atoms with E-state index in [1.54, 1.807) is 19.1 Å². The molecule has 0 radical (unpaired) electrons. The van der Waals surface area contributed by atoms with Gasteiger partial charge < -0.3 is 10.6 Å². The number of hydrogen-bond donors (Lipinski definition) is 2. The van der Waals surface area contributed by atoms with Crippen LogP contribution in [0.5, 0.6) is 0 Å². The summed E-state index contributed by atoms with van der Waals surface area (Å²) in [6.07, 6.45) is 0.122. The van der Waals surface area contributed by atoms with Crippen LogP contribution in [-0.2, 0) is 16.1 Å². The number of carbonyl (C=O) groups excluding carboxylic acids is 2. The van der Waals surface area contributed by atoms with Gasteiger partial charge in [0.1, 0.15) is 6.54 Å². The first-order valence-electron chi connectivity index (χ1n) is 9.14. The summed E-state index contributed by atoms with van der Waals surface area (Å²) in [6.45, 7) is 3.67. The Morgan fingerprint density at radius 3 is 2.55 bits per heavy atom. The maximum absolute atomic E-state index is 12.5. The lowest BCUT2D eigenvalue weighted by atomic mass is 10.1. The molecule has 2 aromatic carbocycles. The van der Waals surface area contributed by atoms with E-state index in [4.69, 9.17) is 0 Å². The molecule has 1 heterocycles. The van der Waals surface area contributed by atoms with Crippen LogP contribution >= 0.6 is 15.9 Å². The van der Waals surface area contributed by atoms with Gasteiger partial charge in [0.05, 0.1) is 11.1 Å². The van der Waals surface area contributed by atoms with Crippen molar-refractivity contribution in [3.05, 3.63) is 68.5 Å². The van der Waals surface area contributed by atoms with E-state index < -0.39 is 0 Å². The standard InChI is InChI=1S/C21H21BrN4O3/c1-13-7-8-15(22)11-18(13)24-19(27)9-10-23-20(28)12-26-21(29)17-6-4-3-5-16(17)14(2)25-26/h3-8,11H,9-10,12H2,1-2H3,(H,23,28)(H,24,27). The Morgan fingerprint density at radius 2 is 1.79 bits per heavy atom. The molecule has 150 valence electrons. The molecule has 0 fully saturated rings. The summed E-state index contributed by atoms with van der Waals surface area (Å²) < 4.78 is 2.02. The van der Waals surface area contributed by atoms with Gasteiger partial charge >= 0.3 is 0 Å². The number of nitrogens with zero attached hydrogens (tertiary/aromatic N) is 2. The van der Waals surface area contributed by atoms with Crippen molar-refractivity contribution in [2.75, 3.05) is 11.9 Å². The van der Waals surface area contributed by atoms with Gasteiger partial charge in [-0.1, -0.05) is 40.2 Å². The summed E-state index contributed by atoms with van der Waals surface area (Å²) in [7, 11) is 0. The van der Waals surface area contributed by atoms with Crippen molar-refractivity contribution in [1.82, 2.24) is 15.1 Å². The zero-order valence-corrected chi connectivity index (χ0v) is 17.7. The molecule has 3 rings (SSSR count). The summed E-state index contributed by atoms with van der Waals surface area (Å²) in [5.41, 5.74) is 2.03. The number of nitrogens with one attached hydrogen (secondary N) is 2. The second-order valence-electron chi connectivity index (χ2n) is 6.70. The Kier molecular flexibility index (Phi) is 6.43. The van der Waals surface area contributed by atoms with Crippen LogP contribution in [0.15, 0.2) is 51.7 Å². The van der Waals surface area contributed by atoms with Gasteiger partial charge in [-0.2, -0.15) is 5.10 Å². The molecule has 0 saturated heterocycles. The van der Waals surface area contributed by atoms with Crippen molar-refractivity contribution in [2.24, 2.45) is 0 Å². The van der Waals surface area contributed by atoms with Gasteiger partial charge in [0.2, 0.25) is 11.8 Å². The number of aryl methyl sites for hydroxylation is 2. The highest BCUT2D eigenvalue weighted by atomic mass is 79.9. The lowest BCUT2D eigenvalue weighted by molar-refractivity contribution is -0.122. The van der Waals surface area contributed by atoms with Crippen LogP contribution in [0.1, 0.15) is 17.7 Å². The number of amides is 2. The molecule has 0 aliphatic rings. The smallest absolute Gasteiger partial charge is 0.275 e. The molecule has 0 saturated carbocycles. The Bertz CT molecular complexity index is 1140. The van der Waals surface area contributed by atoms with Crippen molar-refractivity contribution >= 4 is 44.2 Å². The zero-order chi connectivity index (χ0) is 21.0. The topological polar surface area (TPSA) is 93.1 Å². The molecule has 0 aliphatic carbocycles. The maximum Gasteiger partial charge on any atom is 0.275 e. The minimum atomic E-state index is -0.374. The number of aromatic nitrogens is 2. The van der Waals surface area contributed by atoms with Gasteiger partial charge in [-0.25, -0.2) is 4.68 Å². The number of halogens is 1. The maximum atomic E-state index is 12.5. The second-order valence-corrected chi connectivity index (χ2v) is 7.62. The summed E-state index contributed by atoms with van der Waals surface area (Å²) in [5.74, 6) is -0.580. The van der Waals surface area contributed by atoms with Crippen molar-refractivity contribution in [3.63, 3.8) is 0 Å². The van der Waals surface area contributed by atoms with Crippen LogP contribution in [0.25, 0.3) is 10.8 Å². The number of benzene rings is 2. The van der Waals surface area contributed by atoms with Gasteiger partial charge in [0.15, 0.2) is 0 Å². The fourth-order valence-electron chi connectivity index (χ4n) is 2.96. The van der Waals surface area contributed by atoms with Crippen molar-refractivity contribution < 1.29 is 9.59 Å². The van der Waals surface area contributed by atoms with Crippen LogP contribution in [0.2, 0.25) is 0 Å². The molecule has 2 N–H and O–H groups in total. The summed E-state index contributed by atoms with van der Waals surface area (Å²) in [6, 6.07) is 12.8. The number of rotatable bonds is 6. The number of anilines is 1. The van der Waals surface area contributed by atoms with Gasteiger partial charge in [-0.15, -0.1) is 0 Å². The van der Waals surface area contributed by atoms with E-state index in [1.165, 1.54) is 0 Å². The summed E-state index contributed by atoms with van der Waals surface area (Å²) in [4.78, 5) is 36.8. The molecule has 0 atom stereocenters. The number of fused-ring (bicyclic) bond motifs is 1. The predicted molar refractivity (Wildman–Crippen MR) is 116 cm³/mol. The molecule has 3 aromatic rings. The molecule has 29 heavy (non-hydrogen) atoms. The summed E-state index contributed by atoms with van der Waals surface area (Å²) in [5, 5.41) is 11.0. The van der Waals surface area contributed by atoms with E-state index in [0.717, 1.165) is 25.8 Å². The first-order chi connectivity index (χ1) is 13.8. The van der Waals surface area contributed by atoms with Crippen LogP contribution in [0.3, 0.4) is 0 Å². The molecule has 7 nitrogen and oxygen atoms in total. The van der Waals surface area contributed by atoms with Gasteiger partial charge in [-0.3, -0.25) is 14.4 Å². The van der Waals surface area contributed by atoms with Crippen LogP contribution in [-0.4, -0.2) is 28.1 Å². The third-order valence-electron chi connectivity index (χ3n) is 4.49. The average molecular weight is 457 g/mol. The molecule has 1 aromatic heterocycles. The monoisotopic (exact) mass is 456 g/mol. The van der Waals surface area contributed by atoms with Crippen molar-refractivity contribution in [2.45, 2.75) is 26.8 Å². The first kappa shape index (κ1) is 20.7. The van der Waals surface area contributed by atoms with Gasteiger partial charge in [-0.05, 0) is 37.6 Å². The predicted octanol–water partition coefficient (Wildman–Crippen LogP) is 2.92. The quantitative estimate of drug-likeness (QED) is 0.596. The van der Waals surface area contributed by atoms with E-state index >= 15 is 0 Å². The molecule has 0 aliphatic heterocycles. The van der Waals surface area contributed by atoms with E-state index in [2.05, 4.69) is 31.7 Å². The van der Waals surface area contributed by atoms with Crippen molar-refractivity contribution in [1.29, 1.82) is 0 Å². The lowest BCUT2D eigenvalue weighted by Gasteiger charge is -2.10. The normalized spacial score (nSPS) is 10.7. The molecular formula is C21H21BrN4O3. The fourth-order valence-corrected chi connectivity index (χ4v) is 3.32. The van der Waals surface area contributed by atoms with Crippen LogP contribution in [0.4, 0.5) is 5.69 Å². The van der Waals surface area contributed by atoms with Crippen LogP contribution < -0.4 is 16.2 Å². The SMILES string of the molecule is Cc1ccc(Br)cc1NC(=O)CCNC(=O)Cn1nc(C)c2ccccc2c1=O. The molecule has 0 bridgehead atoms. The largest absolute Gasteiger partial charge is 0.354 e. The van der Waals surface area contributed by atoms with E-state index in [1.807, 2.05) is 37.3 Å². The highest BCUT2D eigenvalue weighted by Gasteiger charge is 2.11. The Balaban J connectivity index is 1.56. The number of carbonyl (C=O) groups is 2. The molecule has 2 amide bonds. The van der Waals surface area contributed by atoms with Gasteiger partial charge in [0, 0.05) is 28.5 Å². The van der Waals surface area contributed by atoms with E-state index in [9.17, 15) is 14.4 Å². The molecular weight excluding hydrogens is 436 g/mol. The Hall–Kier alpha value is -3.00. The average Bonchev–Trinajstić information content (AvgIpc) is 2.69. The Labute approximate surface area is 176 Å². The summed E-state index contributed by atoms with van der Waals surface area (Å²) >= 11 is 3.37. The third kappa shape index (κ3) is 5.08. The minimum absolute atomic E-state index is 0.122. The first-order valence-corrected chi connectivity index (χ1v) is 9.93. The third-order valence-corrected chi connectivity index (χ3v) is 4.99. The molecule has 0 unspecified atom stereocenters. The molecule has 0 spiro atoms. The Morgan fingerprint density at radius 1 is 1.07 bits per heavy atom. The zero-order valence-electron chi connectivity index (χ0n) is 16.2. The van der Waals surface area contributed by atoms with Gasteiger partial charge in [0.25, 0.3) is 5.56 Å². The fraction of sp³-hybridized carbons (Fsp3) is 0.238. The minimum Gasteiger partial charge on any atom is -0.354 e. The van der Waals surface area contributed by atoms with Crippen LogP contribution in [0, 0.1) is 13.8 Å². The number of hydrogen-bond acceptors (Lipinski definition) is 4. The second kappa shape index (κ2) is 9.00. The van der Waals surface area contributed by atoms with E-state index in [-0.39, 0.29) is 36.9 Å². The lowest BCUT2D eigenvalue weighted by Crippen LogP contribution is -2.35. The highest BCUT2D eigenvalue weighted by molar-refractivity contribution is 9.10. The molecule has 8 heteroatoms. The van der Waals surface area contributed by atoms with Crippen molar-refractivity contribution in [3.8, 4) is 0 Å².